The second-order valence-electron chi connectivity index (χ2n) is 5.13. The molecule has 1 saturated heterocycles. The Morgan fingerprint density at radius 1 is 1.21 bits per heavy atom. The molecule has 0 radical (unpaired) electrons. The van der Waals surface area contributed by atoms with Gasteiger partial charge < -0.3 is 5.32 Å². The van der Waals surface area contributed by atoms with Gasteiger partial charge in [-0.3, -0.25) is 4.90 Å². The number of nitrogens with zero attached hydrogens (tertiary/aromatic N) is 1. The van der Waals surface area contributed by atoms with E-state index in [-0.39, 0.29) is 25.5 Å². The van der Waals surface area contributed by atoms with Crippen LogP contribution in [0.2, 0.25) is 0 Å². The molecule has 1 heterocycles. The van der Waals surface area contributed by atoms with Crippen LogP contribution in [0.1, 0.15) is 0 Å². The molecule has 5 nitrogen and oxygen atoms in total. The number of hydrogen-bond donors (Lipinski definition) is 2. The van der Waals surface area contributed by atoms with Gasteiger partial charge in [0.1, 0.15) is 16.8 Å². The van der Waals surface area contributed by atoms with Crippen molar-refractivity contribution in [3.8, 4) is 0 Å². The third-order valence-electron chi connectivity index (χ3n) is 3.56. The number of alkyl halides is 3. The summed E-state index contributed by atoms with van der Waals surface area (Å²) in [6, 6.07) is 2.59. The minimum absolute atomic E-state index is 0. The average molecular weight is 392 g/mol. The molecule has 0 spiro atoms. The summed E-state index contributed by atoms with van der Waals surface area (Å²) in [4.78, 5) is 0.502. The van der Waals surface area contributed by atoms with Crippen LogP contribution >= 0.6 is 12.4 Å². The van der Waals surface area contributed by atoms with Crippen LogP contribution in [0.15, 0.2) is 29.2 Å². The first kappa shape index (κ1) is 21.1. The van der Waals surface area contributed by atoms with Crippen LogP contribution in [0.3, 0.4) is 0 Å². The number of halogens is 5. The minimum Gasteiger partial charge on any atom is -0.314 e. The lowest BCUT2D eigenvalue weighted by Gasteiger charge is -2.35. The Morgan fingerprint density at radius 2 is 1.79 bits per heavy atom. The van der Waals surface area contributed by atoms with E-state index in [0.717, 1.165) is 12.1 Å². The van der Waals surface area contributed by atoms with E-state index >= 15 is 0 Å². The molecule has 138 valence electrons. The van der Waals surface area contributed by atoms with E-state index < -0.39 is 39.5 Å². The molecule has 2 N–H and O–H groups in total. The molecule has 1 aliphatic heterocycles. The van der Waals surface area contributed by atoms with Crippen molar-refractivity contribution < 1.29 is 26.0 Å². The van der Waals surface area contributed by atoms with Crippen molar-refractivity contribution in [3.63, 3.8) is 0 Å². The summed E-state index contributed by atoms with van der Waals surface area (Å²) >= 11 is 0. The lowest BCUT2D eigenvalue weighted by molar-refractivity contribution is -0.182. The zero-order valence-electron chi connectivity index (χ0n) is 12.5. The molecule has 1 fully saturated rings. The molecule has 0 aliphatic carbocycles. The van der Waals surface area contributed by atoms with E-state index in [9.17, 15) is 26.0 Å². The second-order valence-corrected chi connectivity index (χ2v) is 6.86. The van der Waals surface area contributed by atoms with Crippen LogP contribution in [-0.2, 0) is 10.0 Å². The zero-order chi connectivity index (χ0) is 17.1. The van der Waals surface area contributed by atoms with Gasteiger partial charge in [0.25, 0.3) is 0 Å². The average Bonchev–Trinajstić information content (AvgIpc) is 2.47. The van der Waals surface area contributed by atoms with E-state index in [0.29, 0.717) is 13.1 Å². The van der Waals surface area contributed by atoms with Crippen molar-refractivity contribution in [2.24, 2.45) is 0 Å². The van der Waals surface area contributed by atoms with Crippen LogP contribution in [-0.4, -0.2) is 58.3 Å². The fourth-order valence-corrected chi connectivity index (χ4v) is 3.49. The first-order chi connectivity index (χ1) is 10.7. The lowest BCUT2D eigenvalue weighted by Crippen LogP contribution is -2.57. The van der Waals surface area contributed by atoms with Gasteiger partial charge in [0.05, 0.1) is 0 Å². The topological polar surface area (TPSA) is 61.4 Å². The summed E-state index contributed by atoms with van der Waals surface area (Å²) in [5.41, 5.74) is 0. The Kier molecular flexibility index (Phi) is 7.42. The molecule has 1 aromatic carbocycles. The molecule has 1 aliphatic rings. The first-order valence-corrected chi connectivity index (χ1v) is 8.46. The standard InChI is InChI=1S/C13H17F4N3O2S.ClH/c14-10-3-1-2-4-11(10)23(21,22)19-9-12(13(15,16)17)20-7-5-18-6-8-20;/h1-4,12,18-19H,5-9H2;1H. The van der Waals surface area contributed by atoms with Gasteiger partial charge in [0, 0.05) is 32.7 Å². The summed E-state index contributed by atoms with van der Waals surface area (Å²) in [5, 5.41) is 2.93. The molecule has 0 amide bonds. The fourth-order valence-electron chi connectivity index (χ4n) is 2.37. The van der Waals surface area contributed by atoms with Gasteiger partial charge in [0.15, 0.2) is 0 Å². The summed E-state index contributed by atoms with van der Waals surface area (Å²) < 4.78 is 79.0. The number of rotatable bonds is 5. The Morgan fingerprint density at radius 3 is 2.33 bits per heavy atom. The Bertz CT molecular complexity index is 636. The SMILES string of the molecule is Cl.O=S(=O)(NCC(N1CCNCC1)C(F)(F)F)c1ccccc1F. The Labute approximate surface area is 143 Å². The van der Waals surface area contributed by atoms with Crippen LogP contribution in [0.25, 0.3) is 0 Å². The molecule has 0 saturated carbocycles. The van der Waals surface area contributed by atoms with Gasteiger partial charge in [-0.15, -0.1) is 12.4 Å². The number of nitrogens with one attached hydrogen (secondary N) is 2. The van der Waals surface area contributed by atoms with Gasteiger partial charge in [-0.2, -0.15) is 13.2 Å². The van der Waals surface area contributed by atoms with E-state index in [1.165, 1.54) is 17.0 Å². The number of sulfonamides is 1. The Hall–Kier alpha value is -0.940. The zero-order valence-corrected chi connectivity index (χ0v) is 14.1. The van der Waals surface area contributed by atoms with Crippen LogP contribution < -0.4 is 10.0 Å². The van der Waals surface area contributed by atoms with Gasteiger partial charge in [-0.25, -0.2) is 17.5 Å². The molecule has 0 bridgehead atoms. The molecule has 24 heavy (non-hydrogen) atoms. The highest BCUT2D eigenvalue weighted by Crippen LogP contribution is 2.25. The van der Waals surface area contributed by atoms with E-state index in [1.807, 2.05) is 4.72 Å². The number of hydrogen-bond acceptors (Lipinski definition) is 4. The van der Waals surface area contributed by atoms with Crippen molar-refractivity contribution in [1.82, 2.24) is 14.9 Å². The molecule has 1 unspecified atom stereocenters. The quantitative estimate of drug-likeness (QED) is 0.744. The summed E-state index contributed by atoms with van der Waals surface area (Å²) in [7, 11) is -4.35. The predicted molar refractivity (Wildman–Crippen MR) is 83.1 cm³/mol. The highest BCUT2D eigenvalue weighted by molar-refractivity contribution is 7.89. The van der Waals surface area contributed by atoms with Crippen molar-refractivity contribution in [2.75, 3.05) is 32.7 Å². The molecular formula is C13H18ClF4N3O2S. The number of piperazine rings is 1. The smallest absolute Gasteiger partial charge is 0.314 e. The minimum atomic E-state index is -4.59. The lowest BCUT2D eigenvalue weighted by atomic mass is 10.2. The molecule has 1 aromatic rings. The van der Waals surface area contributed by atoms with Crippen LogP contribution in [0.5, 0.6) is 0 Å². The van der Waals surface area contributed by atoms with Crippen molar-refractivity contribution in [1.29, 1.82) is 0 Å². The van der Waals surface area contributed by atoms with Gasteiger partial charge in [-0.05, 0) is 12.1 Å². The highest BCUT2D eigenvalue weighted by atomic mass is 35.5. The number of benzene rings is 1. The van der Waals surface area contributed by atoms with Gasteiger partial charge in [-0.1, -0.05) is 12.1 Å². The summed E-state index contributed by atoms with van der Waals surface area (Å²) in [5.74, 6) is -1.01. The molecule has 1 atom stereocenters. The Balaban J connectivity index is 0.00000288. The highest BCUT2D eigenvalue weighted by Gasteiger charge is 2.44. The van der Waals surface area contributed by atoms with E-state index in [4.69, 9.17) is 0 Å². The van der Waals surface area contributed by atoms with Crippen molar-refractivity contribution >= 4 is 22.4 Å². The molecule has 11 heteroatoms. The summed E-state index contributed by atoms with van der Waals surface area (Å²) in [6.07, 6.45) is -4.59. The van der Waals surface area contributed by atoms with Crippen LogP contribution in [0, 0.1) is 5.82 Å². The molecule has 0 aromatic heterocycles. The maximum absolute atomic E-state index is 13.5. The second kappa shape index (κ2) is 8.43. The maximum atomic E-state index is 13.5. The third kappa shape index (κ3) is 5.28. The van der Waals surface area contributed by atoms with Crippen LogP contribution in [0.4, 0.5) is 17.6 Å². The normalized spacial score (nSPS) is 18.0. The van der Waals surface area contributed by atoms with Crippen molar-refractivity contribution in [2.45, 2.75) is 17.1 Å². The third-order valence-corrected chi connectivity index (χ3v) is 5.02. The summed E-state index contributed by atoms with van der Waals surface area (Å²) in [6.45, 7) is 0.247. The molecular weight excluding hydrogens is 374 g/mol. The van der Waals surface area contributed by atoms with Crippen molar-refractivity contribution in [3.05, 3.63) is 30.1 Å². The van der Waals surface area contributed by atoms with E-state index in [1.54, 1.807) is 0 Å². The predicted octanol–water partition coefficient (Wildman–Crippen LogP) is 1.36. The fraction of sp³-hybridized carbons (Fsp3) is 0.538. The van der Waals surface area contributed by atoms with Gasteiger partial charge in [0.2, 0.25) is 10.0 Å². The van der Waals surface area contributed by atoms with E-state index in [2.05, 4.69) is 5.32 Å². The largest absolute Gasteiger partial charge is 0.405 e. The first-order valence-electron chi connectivity index (χ1n) is 6.97. The monoisotopic (exact) mass is 391 g/mol. The maximum Gasteiger partial charge on any atom is 0.405 e. The molecule has 2 rings (SSSR count). The van der Waals surface area contributed by atoms with Gasteiger partial charge >= 0.3 is 6.18 Å².